The summed E-state index contributed by atoms with van der Waals surface area (Å²) >= 11 is 0. The minimum absolute atomic E-state index is 0.0669. The number of benzene rings is 1. The van der Waals surface area contributed by atoms with Crippen LogP contribution in [0.2, 0.25) is 0 Å². The Balaban J connectivity index is 1.77. The molecule has 3 rings (SSSR count). The number of piperidine rings is 1. The highest BCUT2D eigenvalue weighted by atomic mass is 16.5. The third-order valence-electron chi connectivity index (χ3n) is 4.86. The second-order valence-electron chi connectivity index (χ2n) is 6.05. The van der Waals surface area contributed by atoms with Crippen molar-refractivity contribution in [3.05, 3.63) is 29.8 Å². The van der Waals surface area contributed by atoms with Gasteiger partial charge in [-0.2, -0.15) is 0 Å². The molecule has 4 atom stereocenters. The maximum absolute atomic E-state index is 12.2. The summed E-state index contributed by atoms with van der Waals surface area (Å²) in [6, 6.07) is 5.95. The van der Waals surface area contributed by atoms with E-state index < -0.39 is 24.0 Å². The molecule has 0 saturated carbocycles. The first-order chi connectivity index (χ1) is 10.5. The summed E-state index contributed by atoms with van der Waals surface area (Å²) in [5.74, 6) is -2.08. The van der Waals surface area contributed by atoms with Gasteiger partial charge in [0.1, 0.15) is 17.8 Å². The van der Waals surface area contributed by atoms with Crippen LogP contribution in [0.4, 0.5) is 0 Å². The Labute approximate surface area is 128 Å². The number of hydrogen-bond donors (Lipinski definition) is 2. The van der Waals surface area contributed by atoms with Gasteiger partial charge < -0.3 is 14.9 Å². The van der Waals surface area contributed by atoms with Gasteiger partial charge >= 0.3 is 11.9 Å². The zero-order valence-electron chi connectivity index (χ0n) is 12.3. The molecule has 2 saturated heterocycles. The van der Waals surface area contributed by atoms with E-state index in [-0.39, 0.29) is 17.8 Å². The number of nitrogens with zero attached hydrogens (tertiary/aromatic N) is 1. The lowest BCUT2D eigenvalue weighted by atomic mass is 9.87. The predicted octanol–water partition coefficient (Wildman–Crippen LogP) is 1.48. The molecule has 2 aliphatic heterocycles. The van der Waals surface area contributed by atoms with E-state index in [1.165, 1.54) is 24.3 Å². The molecular weight excluding hydrogens is 286 g/mol. The smallest absolute Gasteiger partial charge is 0.338 e. The summed E-state index contributed by atoms with van der Waals surface area (Å²) in [6.07, 6.45) is 1.71. The first-order valence-corrected chi connectivity index (χ1v) is 7.42. The normalized spacial score (nSPS) is 31.0. The van der Waals surface area contributed by atoms with Crippen LogP contribution in [-0.2, 0) is 9.53 Å². The number of carbonyl (C=O) groups excluding carboxylic acids is 1. The van der Waals surface area contributed by atoms with E-state index in [0.29, 0.717) is 12.0 Å². The summed E-state index contributed by atoms with van der Waals surface area (Å²) in [4.78, 5) is 25.9. The number of aliphatic carboxylic acids is 1. The summed E-state index contributed by atoms with van der Waals surface area (Å²) < 4.78 is 5.49. The topological polar surface area (TPSA) is 87.1 Å². The number of esters is 1. The number of aromatic hydroxyl groups is 1. The Morgan fingerprint density at radius 1 is 1.23 bits per heavy atom. The molecule has 2 fully saturated rings. The van der Waals surface area contributed by atoms with Crippen LogP contribution in [0, 0.1) is 5.92 Å². The van der Waals surface area contributed by atoms with Crippen LogP contribution >= 0.6 is 0 Å². The highest BCUT2D eigenvalue weighted by molar-refractivity contribution is 5.90. The van der Waals surface area contributed by atoms with E-state index in [9.17, 15) is 19.8 Å². The molecule has 2 N–H and O–H groups in total. The second kappa shape index (κ2) is 5.61. The molecule has 0 radical (unpaired) electrons. The minimum atomic E-state index is -0.916. The summed E-state index contributed by atoms with van der Waals surface area (Å²) in [5.41, 5.74) is 0.313. The lowest BCUT2D eigenvalue weighted by molar-refractivity contribution is -0.152. The highest BCUT2D eigenvalue weighted by Crippen LogP contribution is 2.39. The number of hydrogen-bond acceptors (Lipinski definition) is 5. The van der Waals surface area contributed by atoms with Gasteiger partial charge in [0.15, 0.2) is 0 Å². The molecule has 0 spiro atoms. The van der Waals surface area contributed by atoms with Crippen molar-refractivity contribution in [1.82, 2.24) is 4.90 Å². The van der Waals surface area contributed by atoms with Crippen LogP contribution in [-0.4, -0.2) is 52.3 Å². The molecule has 22 heavy (non-hydrogen) atoms. The van der Waals surface area contributed by atoms with Crippen molar-refractivity contribution < 1.29 is 24.5 Å². The van der Waals surface area contributed by atoms with Gasteiger partial charge in [-0.1, -0.05) is 0 Å². The molecule has 2 heterocycles. The number of phenols is 1. The van der Waals surface area contributed by atoms with Gasteiger partial charge in [0.25, 0.3) is 0 Å². The fourth-order valence-electron chi connectivity index (χ4n) is 3.67. The average molecular weight is 305 g/mol. The fraction of sp³-hybridized carbons (Fsp3) is 0.500. The molecule has 0 amide bonds. The first kappa shape index (κ1) is 14.8. The molecule has 1 aromatic rings. The van der Waals surface area contributed by atoms with Crippen LogP contribution in [0.25, 0.3) is 0 Å². The van der Waals surface area contributed by atoms with Gasteiger partial charge in [-0.05, 0) is 44.2 Å². The van der Waals surface area contributed by atoms with Crippen LogP contribution in [0.3, 0.4) is 0 Å². The number of rotatable bonds is 3. The molecule has 6 heteroatoms. The third-order valence-corrected chi connectivity index (χ3v) is 4.86. The maximum Gasteiger partial charge on any atom is 0.338 e. The SMILES string of the molecule is CN1[C@H]2CC[C@@H]1[C@@H](C(=O)O)[C@@H](OC(=O)c1ccc(O)cc1)C2. The zero-order chi connectivity index (χ0) is 15.9. The minimum Gasteiger partial charge on any atom is -0.508 e. The van der Waals surface area contributed by atoms with Crippen molar-refractivity contribution in [2.75, 3.05) is 7.05 Å². The van der Waals surface area contributed by atoms with Crippen molar-refractivity contribution in [3.63, 3.8) is 0 Å². The standard InChI is InChI=1S/C16H19NO5/c1-17-10-4-7-12(17)14(15(19)20)13(8-10)22-16(21)9-2-5-11(18)6-3-9/h2-3,5-6,10,12-14,18H,4,7-8H2,1H3,(H,19,20)/t10-,12+,13-,14+/m0/s1. The van der Waals surface area contributed by atoms with Gasteiger partial charge in [-0.25, -0.2) is 4.79 Å². The number of fused-ring (bicyclic) bond motifs is 2. The molecule has 6 nitrogen and oxygen atoms in total. The lowest BCUT2D eigenvalue weighted by Gasteiger charge is -2.40. The highest BCUT2D eigenvalue weighted by Gasteiger charge is 2.50. The quantitative estimate of drug-likeness (QED) is 0.823. The van der Waals surface area contributed by atoms with Crippen LogP contribution in [0.15, 0.2) is 24.3 Å². The predicted molar refractivity (Wildman–Crippen MR) is 77.6 cm³/mol. The summed E-state index contributed by atoms with van der Waals surface area (Å²) in [5, 5.41) is 18.8. The molecule has 0 aliphatic carbocycles. The maximum atomic E-state index is 12.2. The molecular formula is C16H19NO5. The molecule has 0 unspecified atom stereocenters. The molecule has 2 bridgehead atoms. The van der Waals surface area contributed by atoms with E-state index in [2.05, 4.69) is 4.90 Å². The van der Waals surface area contributed by atoms with Crippen LogP contribution < -0.4 is 0 Å². The fourth-order valence-corrected chi connectivity index (χ4v) is 3.67. The molecule has 118 valence electrons. The Kier molecular flexibility index (Phi) is 3.78. The van der Waals surface area contributed by atoms with Gasteiger partial charge in [-0.15, -0.1) is 0 Å². The van der Waals surface area contributed by atoms with Gasteiger partial charge in [0.2, 0.25) is 0 Å². The van der Waals surface area contributed by atoms with Gasteiger partial charge in [-0.3, -0.25) is 9.69 Å². The van der Waals surface area contributed by atoms with Crippen LogP contribution in [0.1, 0.15) is 29.6 Å². The largest absolute Gasteiger partial charge is 0.508 e. The lowest BCUT2D eigenvalue weighted by Crippen LogP contribution is -2.53. The first-order valence-electron chi connectivity index (χ1n) is 7.42. The molecule has 0 aromatic heterocycles. The van der Waals surface area contributed by atoms with Gasteiger partial charge in [0, 0.05) is 18.5 Å². The van der Waals surface area contributed by atoms with E-state index in [1.54, 1.807) is 0 Å². The summed E-state index contributed by atoms with van der Waals surface area (Å²) in [7, 11) is 1.94. The van der Waals surface area contributed by atoms with Crippen molar-refractivity contribution in [2.24, 2.45) is 5.92 Å². The number of carboxylic acids is 1. The Bertz CT molecular complexity index is 585. The third kappa shape index (κ3) is 2.54. The van der Waals surface area contributed by atoms with Crippen LogP contribution in [0.5, 0.6) is 5.75 Å². The van der Waals surface area contributed by atoms with Crippen molar-refractivity contribution in [1.29, 1.82) is 0 Å². The zero-order valence-corrected chi connectivity index (χ0v) is 12.3. The van der Waals surface area contributed by atoms with E-state index in [1.807, 2.05) is 7.05 Å². The van der Waals surface area contributed by atoms with Crippen molar-refractivity contribution in [3.8, 4) is 5.75 Å². The number of ether oxygens (including phenoxy) is 1. The number of carboxylic acid groups (broad SMARTS) is 1. The van der Waals surface area contributed by atoms with Gasteiger partial charge in [0.05, 0.1) is 5.56 Å². The van der Waals surface area contributed by atoms with Crippen molar-refractivity contribution >= 4 is 11.9 Å². The van der Waals surface area contributed by atoms with E-state index >= 15 is 0 Å². The second-order valence-corrected chi connectivity index (χ2v) is 6.05. The van der Waals surface area contributed by atoms with E-state index in [0.717, 1.165) is 12.8 Å². The number of phenolic OH excluding ortho intramolecular Hbond substituents is 1. The average Bonchev–Trinajstić information content (AvgIpc) is 2.71. The Morgan fingerprint density at radius 2 is 1.91 bits per heavy atom. The molecule has 1 aromatic carbocycles. The molecule has 2 aliphatic rings. The Morgan fingerprint density at radius 3 is 2.55 bits per heavy atom. The monoisotopic (exact) mass is 305 g/mol. The number of carbonyl (C=O) groups is 2. The Hall–Kier alpha value is -2.08. The van der Waals surface area contributed by atoms with E-state index in [4.69, 9.17) is 4.74 Å². The summed E-state index contributed by atoms with van der Waals surface area (Å²) in [6.45, 7) is 0. The van der Waals surface area contributed by atoms with Crippen molar-refractivity contribution in [2.45, 2.75) is 37.5 Å².